The predicted octanol–water partition coefficient (Wildman–Crippen LogP) is 6.64. The number of ether oxygens (including phenoxy) is 1. The van der Waals surface area contributed by atoms with Crippen LogP contribution in [0.2, 0.25) is 0 Å². The van der Waals surface area contributed by atoms with E-state index in [2.05, 4.69) is 15.5 Å². The summed E-state index contributed by atoms with van der Waals surface area (Å²) in [6.45, 7) is 8.13. The molecule has 0 saturated carbocycles. The van der Waals surface area contributed by atoms with Gasteiger partial charge in [-0.25, -0.2) is 13.6 Å². The van der Waals surface area contributed by atoms with E-state index < -0.39 is 83.1 Å². The lowest BCUT2D eigenvalue weighted by Crippen LogP contribution is -2.28. The number of carbonyl (C=O) groups is 1. The van der Waals surface area contributed by atoms with Crippen molar-refractivity contribution in [3.05, 3.63) is 124 Å². The van der Waals surface area contributed by atoms with Crippen molar-refractivity contribution in [2.24, 2.45) is 5.14 Å². The molecule has 28 heteroatoms. The lowest BCUT2D eigenvalue weighted by Gasteiger charge is -2.27. The summed E-state index contributed by atoms with van der Waals surface area (Å²) in [5, 5.41) is 14.8. The minimum atomic E-state index is -4.59. The number of fused-ring (bicyclic) bond motifs is 2. The van der Waals surface area contributed by atoms with Crippen LogP contribution in [-0.2, 0) is 72.5 Å². The molecule has 7 N–H and O–H groups in total. The van der Waals surface area contributed by atoms with Crippen molar-refractivity contribution in [1.82, 2.24) is 10.2 Å². The number of aromatic nitrogens is 2. The van der Waals surface area contributed by atoms with E-state index in [1.807, 2.05) is 61.5 Å². The summed E-state index contributed by atoms with van der Waals surface area (Å²) in [7, 11) is -21.8. The third kappa shape index (κ3) is 14.6. The van der Waals surface area contributed by atoms with Crippen molar-refractivity contribution in [2.75, 3.05) is 34.8 Å². The van der Waals surface area contributed by atoms with Gasteiger partial charge in [0.15, 0.2) is 5.71 Å². The van der Waals surface area contributed by atoms with E-state index in [0.717, 1.165) is 16.7 Å². The van der Waals surface area contributed by atoms with Gasteiger partial charge in [0.05, 0.1) is 26.7 Å². The first-order valence-electron chi connectivity index (χ1n) is 24.1. The number of allylic oxidation sites excluding steroid dienone is 7. The molecule has 0 unspecified atom stereocenters. The number of rotatable bonds is 22. The lowest BCUT2D eigenvalue weighted by molar-refractivity contribution is -0.438. The Morgan fingerprint density at radius 2 is 1.39 bits per heavy atom. The van der Waals surface area contributed by atoms with Crippen molar-refractivity contribution < 1.29 is 74.4 Å². The van der Waals surface area contributed by atoms with E-state index >= 15 is 0 Å². The van der Waals surface area contributed by atoms with Crippen LogP contribution in [-0.4, -0.2) is 111 Å². The van der Waals surface area contributed by atoms with Crippen molar-refractivity contribution in [1.29, 1.82) is 0 Å². The zero-order chi connectivity index (χ0) is 56.5. The maximum Gasteiger partial charge on any atom is 0.294 e. The number of carbonyl (C=O) groups excluding carboxylic acids is 1. The Labute approximate surface area is 452 Å². The average molecular weight is 1180 g/mol. The normalized spacial score (nSPS) is 17.9. The monoisotopic (exact) mass is 1180 g/mol. The molecule has 1 aliphatic carbocycles. The molecule has 0 saturated heterocycles. The zero-order valence-corrected chi connectivity index (χ0v) is 47.2. The fraction of sp³-hybridized carbons (Fsp3) is 0.388. The smallest absolute Gasteiger partial charge is 0.294 e. The molecule has 2 aliphatic heterocycles. The number of unbranched alkanes of at least 4 members (excludes halogenated alkanes) is 2. The molecule has 0 fully saturated rings. The van der Waals surface area contributed by atoms with E-state index in [-0.39, 0.29) is 53.7 Å². The number of nitrogens with one attached hydrogen (secondary N) is 1. The van der Waals surface area contributed by atoms with E-state index in [1.165, 1.54) is 24.3 Å². The van der Waals surface area contributed by atoms with Crippen LogP contribution in [0.15, 0.2) is 122 Å². The topological polar surface area (TPSA) is 348 Å². The first kappa shape index (κ1) is 59.1. The van der Waals surface area contributed by atoms with Gasteiger partial charge in [-0.05, 0) is 136 Å². The Hall–Kier alpha value is -5.53. The second-order valence-electron chi connectivity index (χ2n) is 19.7. The molecule has 1 amide bonds. The molecule has 3 aliphatic rings. The van der Waals surface area contributed by atoms with Crippen molar-refractivity contribution in [2.45, 2.75) is 110 Å². The standard InChI is InChI=1S/C49H58N6O16S6/c1-48(2)38-30-36(76(65,66)67)19-21-40(38)54(26-5-7-28-73(57,58)59)42(48)23-15-33-10-9-11-34(45(33)71-35-17-12-32(13-18-35)14-25-44(56)51-46-52-53-47(72-46)75(50,63)64)16-24-43-49(3,4)39-31-37(77(68,69)70)20-22-41(39)55(43)27-6-8-29-74(60,61)62/h12-13,15-24,30-31H,5-11,14,25-29H2,1-4H3,(H6-,50,51,52,56,57,58,59,60,61,62,63,64,65,66,67,68,69,70)/p+1. The molecule has 0 radical (unpaired) electrons. The lowest BCUT2D eigenvalue weighted by atomic mass is 9.81. The van der Waals surface area contributed by atoms with Gasteiger partial charge in [-0.1, -0.05) is 43.4 Å². The summed E-state index contributed by atoms with van der Waals surface area (Å²) in [5.41, 5.74) is 4.40. The van der Waals surface area contributed by atoms with E-state index in [4.69, 9.17) is 9.88 Å². The summed E-state index contributed by atoms with van der Waals surface area (Å²) in [5.74, 6) is -0.457. The van der Waals surface area contributed by atoms with Crippen LogP contribution in [0.1, 0.15) is 95.8 Å². The van der Waals surface area contributed by atoms with Gasteiger partial charge in [0, 0.05) is 53.9 Å². The second kappa shape index (κ2) is 22.7. The number of benzene rings is 3. The molecule has 22 nitrogen and oxygen atoms in total. The Kier molecular flexibility index (Phi) is 17.4. The first-order chi connectivity index (χ1) is 35.7. The zero-order valence-electron chi connectivity index (χ0n) is 42.3. The van der Waals surface area contributed by atoms with E-state index in [9.17, 15) is 65.1 Å². The Morgan fingerprint density at radius 1 is 0.766 bits per heavy atom. The van der Waals surface area contributed by atoms with Gasteiger partial charge in [0.2, 0.25) is 21.1 Å². The molecule has 0 atom stereocenters. The molecule has 0 spiro atoms. The summed E-state index contributed by atoms with van der Waals surface area (Å²) in [4.78, 5) is 14.1. The fourth-order valence-electron chi connectivity index (χ4n) is 9.59. The summed E-state index contributed by atoms with van der Waals surface area (Å²) in [6, 6.07) is 15.6. The SMILES string of the molecule is CC1(C)C(/C=C/C2=C(Oc3ccc(CCC(=O)Nc4nnc(S(N)(=O)=O)s4)cc3)C(=C/C=C3/N(CCCCS(=O)(=O)O)c4ccc(S(=O)(=O)O)cc4C3(C)C)/CCC2)=[N+](CCCCS(=O)(=O)O)c2ccc(S(=O)(=O)O)cc21. The fourth-order valence-corrected chi connectivity index (χ4v) is 13.1. The number of hydrogen-bond donors (Lipinski definition) is 6. The van der Waals surface area contributed by atoms with Crippen molar-refractivity contribution in [3.63, 3.8) is 0 Å². The molecule has 4 aromatic rings. The summed E-state index contributed by atoms with van der Waals surface area (Å²) in [6.07, 6.45) is 10.5. The number of nitrogens with zero attached hydrogens (tertiary/aromatic N) is 4. The van der Waals surface area contributed by atoms with Crippen LogP contribution in [0, 0.1) is 0 Å². The Bertz CT molecular complexity index is 3730. The molecule has 77 heavy (non-hydrogen) atoms. The number of anilines is 2. The maximum atomic E-state index is 12.8. The van der Waals surface area contributed by atoms with Gasteiger partial charge in [-0.3, -0.25) is 23.0 Å². The van der Waals surface area contributed by atoms with Gasteiger partial charge < -0.3 is 15.0 Å². The minimum Gasteiger partial charge on any atom is -0.457 e. The molecular formula is C49H59N6O16S6+. The van der Waals surface area contributed by atoms with E-state index in [0.29, 0.717) is 88.9 Å². The predicted molar refractivity (Wildman–Crippen MR) is 288 cm³/mol. The van der Waals surface area contributed by atoms with Crippen LogP contribution in [0.4, 0.5) is 16.5 Å². The molecule has 7 rings (SSSR count). The summed E-state index contributed by atoms with van der Waals surface area (Å²) >= 11 is 0.620. The largest absolute Gasteiger partial charge is 0.457 e. The number of nitrogens with two attached hydrogens (primary N) is 1. The van der Waals surface area contributed by atoms with Crippen LogP contribution in [0.3, 0.4) is 0 Å². The van der Waals surface area contributed by atoms with Crippen LogP contribution in [0.5, 0.6) is 5.75 Å². The number of amides is 1. The average Bonchev–Trinajstić information content (AvgIpc) is 3.98. The molecular weight excluding hydrogens is 1120 g/mol. The molecule has 3 aromatic carbocycles. The number of aryl methyl sites for hydroxylation is 1. The molecule has 3 heterocycles. The third-order valence-corrected chi connectivity index (χ3v) is 18.9. The number of sulfonamides is 1. The maximum absolute atomic E-state index is 12.8. The van der Waals surface area contributed by atoms with Crippen LogP contribution >= 0.6 is 11.3 Å². The van der Waals surface area contributed by atoms with E-state index in [1.54, 1.807) is 36.4 Å². The highest BCUT2D eigenvalue weighted by Crippen LogP contribution is 2.49. The Morgan fingerprint density at radius 3 is 2.00 bits per heavy atom. The van der Waals surface area contributed by atoms with Crippen LogP contribution in [0.25, 0.3) is 0 Å². The molecule has 416 valence electrons. The molecule has 0 bridgehead atoms. The second-order valence-corrected chi connectivity index (χ2v) is 28.4. The number of hydrogen-bond acceptors (Lipinski definition) is 16. The quantitative estimate of drug-likeness (QED) is 0.0208. The number of primary sulfonamides is 1. The minimum absolute atomic E-state index is 0.00869. The molecule has 1 aromatic heterocycles. The van der Waals surface area contributed by atoms with Gasteiger partial charge in [0.1, 0.15) is 18.1 Å². The highest BCUT2D eigenvalue weighted by atomic mass is 32.3. The van der Waals surface area contributed by atoms with Crippen LogP contribution < -0.4 is 20.1 Å². The first-order valence-corrected chi connectivity index (χ1v) is 32.5. The Balaban J connectivity index is 1.28. The highest BCUT2D eigenvalue weighted by molar-refractivity contribution is 7.91. The highest BCUT2D eigenvalue weighted by Gasteiger charge is 2.45. The van der Waals surface area contributed by atoms with Crippen molar-refractivity contribution >= 4 is 90.0 Å². The van der Waals surface area contributed by atoms with Gasteiger partial charge in [0.25, 0.3) is 50.5 Å². The van der Waals surface area contributed by atoms with Crippen molar-refractivity contribution in [3.8, 4) is 5.75 Å². The van der Waals surface area contributed by atoms with Gasteiger partial charge in [-0.2, -0.15) is 38.2 Å². The van der Waals surface area contributed by atoms with Gasteiger partial charge >= 0.3 is 0 Å². The van der Waals surface area contributed by atoms with Gasteiger partial charge in [-0.15, -0.1) is 10.2 Å². The third-order valence-electron chi connectivity index (χ3n) is 13.4. The summed E-state index contributed by atoms with van der Waals surface area (Å²) < 4.78 is 166.